The molecule has 0 heterocycles. The van der Waals surface area contributed by atoms with E-state index in [9.17, 15) is 19.7 Å². The molecule has 0 rings (SSSR count). The summed E-state index contributed by atoms with van der Waals surface area (Å²) in [7, 11) is 0. The third-order valence-corrected chi connectivity index (χ3v) is 0.983. The number of nitrogens with zero attached hydrogens (tertiary/aromatic N) is 1. The average molecular weight is 303 g/mol. The zero-order valence-electron chi connectivity index (χ0n) is 6.29. The van der Waals surface area contributed by atoms with E-state index in [0.717, 1.165) is 0 Å². The maximum absolute atomic E-state index is 10.1. The molecular weight excluding hydrogens is 298 g/mol. The standard InChI is InChI=1S/C4H5NO8.Ag/c6-1(3(7)8)2(4(9)10)13-5(11)12;/h1-2,6H,(H,7,8)(H,9,10);. The van der Waals surface area contributed by atoms with Gasteiger partial charge in [0.15, 0.2) is 6.10 Å². The van der Waals surface area contributed by atoms with Gasteiger partial charge in [0.1, 0.15) is 0 Å². The second-order valence-electron chi connectivity index (χ2n) is 1.87. The molecule has 0 spiro atoms. The first-order chi connectivity index (χ1) is 5.86. The molecule has 9 nitrogen and oxygen atoms in total. The van der Waals surface area contributed by atoms with E-state index in [-0.39, 0.29) is 22.4 Å². The third kappa shape index (κ3) is 4.77. The van der Waals surface area contributed by atoms with Crippen LogP contribution in [0.3, 0.4) is 0 Å². The summed E-state index contributed by atoms with van der Waals surface area (Å²) in [6, 6.07) is 0. The normalized spacial score (nSPS) is 13.2. The Kier molecular flexibility index (Phi) is 6.91. The largest absolute Gasteiger partial charge is 0.480 e. The van der Waals surface area contributed by atoms with E-state index in [1.54, 1.807) is 0 Å². The molecule has 85 valence electrons. The topological polar surface area (TPSA) is 147 Å². The van der Waals surface area contributed by atoms with Crippen LogP contribution in [-0.2, 0) is 36.8 Å². The van der Waals surface area contributed by atoms with Crippen molar-refractivity contribution in [2.75, 3.05) is 0 Å². The summed E-state index contributed by atoms with van der Waals surface area (Å²) in [5.74, 6) is -3.86. The van der Waals surface area contributed by atoms with Crippen molar-refractivity contribution in [3.05, 3.63) is 10.1 Å². The Morgan fingerprint density at radius 2 is 1.71 bits per heavy atom. The van der Waals surface area contributed by atoms with Crippen molar-refractivity contribution in [1.29, 1.82) is 0 Å². The quantitative estimate of drug-likeness (QED) is 0.303. The van der Waals surface area contributed by atoms with Crippen molar-refractivity contribution in [1.82, 2.24) is 0 Å². The Balaban J connectivity index is 0. The molecule has 2 atom stereocenters. The predicted octanol–water partition coefficient (Wildman–Crippen LogP) is -1.91. The first-order valence-electron chi connectivity index (χ1n) is 2.81. The van der Waals surface area contributed by atoms with Gasteiger partial charge in [0, 0.05) is 22.4 Å². The molecular formula is C4H5AgNO8. The van der Waals surface area contributed by atoms with E-state index < -0.39 is 29.2 Å². The van der Waals surface area contributed by atoms with Crippen LogP contribution in [0.5, 0.6) is 0 Å². The minimum atomic E-state index is -2.48. The Morgan fingerprint density at radius 3 is 1.93 bits per heavy atom. The Morgan fingerprint density at radius 1 is 1.29 bits per heavy atom. The fourth-order valence-electron chi connectivity index (χ4n) is 0.460. The van der Waals surface area contributed by atoms with E-state index in [1.807, 2.05) is 0 Å². The van der Waals surface area contributed by atoms with Gasteiger partial charge in [-0.25, -0.2) is 9.59 Å². The van der Waals surface area contributed by atoms with Gasteiger partial charge in [-0.1, -0.05) is 0 Å². The Labute approximate surface area is 91.9 Å². The van der Waals surface area contributed by atoms with Gasteiger partial charge in [0.05, 0.1) is 0 Å². The smallest absolute Gasteiger partial charge is 0.336 e. The first kappa shape index (κ1) is 15.3. The number of carbonyl (C=O) groups is 2. The SMILES string of the molecule is O=C(O)C(O)C(O[N+](=O)[O-])C(=O)O.[Ag]. The zero-order chi connectivity index (χ0) is 10.6. The van der Waals surface area contributed by atoms with Crippen LogP contribution in [-0.4, -0.2) is 44.6 Å². The maximum Gasteiger partial charge on any atom is 0.336 e. The summed E-state index contributed by atoms with van der Waals surface area (Å²) in [5.41, 5.74) is 0. The summed E-state index contributed by atoms with van der Waals surface area (Å²) in [5, 5.41) is 33.0. The zero-order valence-corrected chi connectivity index (χ0v) is 7.77. The van der Waals surface area contributed by atoms with Crippen molar-refractivity contribution in [3.63, 3.8) is 0 Å². The van der Waals surface area contributed by atoms with Crippen LogP contribution in [0, 0.1) is 10.1 Å². The number of aliphatic hydroxyl groups excluding tert-OH is 1. The molecule has 2 unspecified atom stereocenters. The fraction of sp³-hybridized carbons (Fsp3) is 0.500. The van der Waals surface area contributed by atoms with Gasteiger partial charge in [-0.2, -0.15) is 0 Å². The average Bonchev–Trinajstić information content (AvgIpc) is 1.97. The number of aliphatic hydroxyl groups is 1. The summed E-state index contributed by atoms with van der Waals surface area (Å²) in [6.07, 6.45) is -4.91. The molecule has 1 radical (unpaired) electrons. The number of carboxylic acid groups (broad SMARTS) is 2. The van der Waals surface area contributed by atoms with Crippen molar-refractivity contribution in [2.24, 2.45) is 0 Å². The van der Waals surface area contributed by atoms with Crippen LogP contribution in [0.4, 0.5) is 0 Å². The minimum absolute atomic E-state index is 0. The van der Waals surface area contributed by atoms with Crippen molar-refractivity contribution in [2.45, 2.75) is 12.2 Å². The molecule has 0 amide bonds. The molecule has 0 aliphatic rings. The minimum Gasteiger partial charge on any atom is -0.480 e. The fourth-order valence-corrected chi connectivity index (χ4v) is 0.460. The molecule has 14 heavy (non-hydrogen) atoms. The summed E-state index contributed by atoms with van der Waals surface area (Å²) >= 11 is 0. The molecule has 0 fully saturated rings. The maximum atomic E-state index is 10.1. The molecule has 0 bridgehead atoms. The molecule has 3 N–H and O–H groups in total. The van der Waals surface area contributed by atoms with E-state index in [4.69, 9.17) is 15.3 Å². The van der Waals surface area contributed by atoms with Crippen molar-refractivity contribution in [3.8, 4) is 0 Å². The van der Waals surface area contributed by atoms with Gasteiger partial charge in [-0.05, 0) is 0 Å². The van der Waals surface area contributed by atoms with Gasteiger partial charge < -0.3 is 15.3 Å². The van der Waals surface area contributed by atoms with Gasteiger partial charge >= 0.3 is 11.9 Å². The number of hydrogen-bond acceptors (Lipinski definition) is 6. The monoisotopic (exact) mass is 302 g/mol. The second kappa shape index (κ2) is 6.32. The van der Waals surface area contributed by atoms with Gasteiger partial charge in [0.2, 0.25) is 6.10 Å². The summed E-state index contributed by atoms with van der Waals surface area (Å²) in [4.78, 5) is 33.2. The molecule has 0 aromatic heterocycles. The second-order valence-corrected chi connectivity index (χ2v) is 1.87. The van der Waals surface area contributed by atoms with E-state index in [0.29, 0.717) is 0 Å². The van der Waals surface area contributed by atoms with Crippen LogP contribution in [0.1, 0.15) is 0 Å². The van der Waals surface area contributed by atoms with Crippen LogP contribution < -0.4 is 0 Å². The van der Waals surface area contributed by atoms with Crippen LogP contribution in [0.2, 0.25) is 0 Å². The summed E-state index contributed by atoms with van der Waals surface area (Å²) in [6.45, 7) is 0. The third-order valence-electron chi connectivity index (χ3n) is 0.983. The molecule has 0 aromatic carbocycles. The molecule has 0 aliphatic heterocycles. The summed E-state index contributed by atoms with van der Waals surface area (Å²) < 4.78 is 0. The Hall–Kier alpha value is -1.16. The van der Waals surface area contributed by atoms with Crippen molar-refractivity contribution < 1.29 is 57.2 Å². The van der Waals surface area contributed by atoms with Gasteiger partial charge in [-0.3, -0.25) is 4.84 Å². The number of rotatable bonds is 5. The number of carboxylic acids is 2. The predicted molar refractivity (Wildman–Crippen MR) is 33.1 cm³/mol. The first-order valence-corrected chi connectivity index (χ1v) is 2.81. The van der Waals surface area contributed by atoms with Gasteiger partial charge in [0.25, 0.3) is 5.09 Å². The molecule has 10 heteroatoms. The number of hydrogen-bond donors (Lipinski definition) is 3. The Bertz CT molecular complexity index is 241. The van der Waals surface area contributed by atoms with Crippen LogP contribution in [0.25, 0.3) is 0 Å². The van der Waals surface area contributed by atoms with Crippen LogP contribution in [0.15, 0.2) is 0 Å². The van der Waals surface area contributed by atoms with E-state index in [2.05, 4.69) is 4.84 Å². The van der Waals surface area contributed by atoms with E-state index in [1.165, 1.54) is 0 Å². The van der Waals surface area contributed by atoms with Gasteiger partial charge in [-0.15, -0.1) is 10.1 Å². The molecule has 0 aromatic rings. The van der Waals surface area contributed by atoms with Crippen LogP contribution >= 0.6 is 0 Å². The number of aliphatic carboxylic acids is 2. The molecule has 0 saturated heterocycles. The van der Waals surface area contributed by atoms with Crippen molar-refractivity contribution >= 4 is 11.9 Å². The van der Waals surface area contributed by atoms with E-state index >= 15 is 0 Å². The molecule has 0 aliphatic carbocycles. The molecule has 0 saturated carbocycles.